The molecular formula is C10H13NO3. The third kappa shape index (κ3) is 1.53. The highest BCUT2D eigenvalue weighted by atomic mass is 16.3. The number of carbonyl (C=O) groups excluding carboxylic acids is 1. The number of amides is 1. The Morgan fingerprint density at radius 1 is 1.71 bits per heavy atom. The van der Waals surface area contributed by atoms with Gasteiger partial charge in [-0.05, 0) is 19.1 Å². The maximum absolute atomic E-state index is 11.4. The SMILES string of the molecule is CC(c1ccco1)N1CC(O)CC1=O. The number of β-amino-alcohol motifs (C(OH)–C–C–N with tert-alkyl or cyclic N) is 1. The molecule has 0 bridgehead atoms. The number of hydrogen-bond donors (Lipinski definition) is 1. The van der Waals surface area contributed by atoms with Crippen molar-refractivity contribution < 1.29 is 14.3 Å². The first-order valence-corrected chi connectivity index (χ1v) is 4.69. The number of nitrogens with zero attached hydrogens (tertiary/aromatic N) is 1. The molecule has 2 atom stereocenters. The standard InChI is InChI=1S/C10H13NO3/c1-7(9-3-2-4-14-9)11-6-8(12)5-10(11)13/h2-4,7-8,12H,5-6H2,1H3. The van der Waals surface area contributed by atoms with E-state index in [2.05, 4.69) is 0 Å². The summed E-state index contributed by atoms with van der Waals surface area (Å²) in [4.78, 5) is 13.1. The summed E-state index contributed by atoms with van der Waals surface area (Å²) >= 11 is 0. The van der Waals surface area contributed by atoms with Gasteiger partial charge in [0.1, 0.15) is 5.76 Å². The first-order chi connectivity index (χ1) is 6.68. The second kappa shape index (κ2) is 3.46. The minimum Gasteiger partial charge on any atom is -0.467 e. The molecule has 1 aromatic heterocycles. The van der Waals surface area contributed by atoms with Crippen LogP contribution in [0.2, 0.25) is 0 Å². The van der Waals surface area contributed by atoms with E-state index >= 15 is 0 Å². The van der Waals surface area contributed by atoms with Crippen molar-refractivity contribution in [3.63, 3.8) is 0 Å². The average Bonchev–Trinajstić information content (AvgIpc) is 2.73. The Kier molecular flexibility index (Phi) is 2.29. The predicted octanol–water partition coefficient (Wildman–Crippen LogP) is 0.934. The summed E-state index contributed by atoms with van der Waals surface area (Å²) in [5.74, 6) is 0.744. The van der Waals surface area contributed by atoms with Crippen LogP contribution in [0.4, 0.5) is 0 Å². The van der Waals surface area contributed by atoms with Gasteiger partial charge in [0.25, 0.3) is 0 Å². The van der Waals surface area contributed by atoms with Crippen LogP contribution in [0.3, 0.4) is 0 Å². The van der Waals surface area contributed by atoms with E-state index in [1.807, 2.05) is 13.0 Å². The predicted molar refractivity (Wildman–Crippen MR) is 49.5 cm³/mol. The highest BCUT2D eigenvalue weighted by Gasteiger charge is 2.32. The van der Waals surface area contributed by atoms with Crippen LogP contribution in [-0.4, -0.2) is 28.6 Å². The number of likely N-dealkylation sites (tertiary alicyclic amines) is 1. The number of carbonyl (C=O) groups is 1. The first kappa shape index (κ1) is 9.27. The van der Waals surface area contributed by atoms with Crippen LogP contribution in [0.5, 0.6) is 0 Å². The molecule has 1 saturated heterocycles. The highest BCUT2D eigenvalue weighted by Crippen LogP contribution is 2.25. The molecule has 1 amide bonds. The molecule has 1 aliphatic rings. The van der Waals surface area contributed by atoms with E-state index < -0.39 is 6.10 Å². The van der Waals surface area contributed by atoms with E-state index in [1.54, 1.807) is 17.2 Å². The van der Waals surface area contributed by atoms with Crippen LogP contribution in [-0.2, 0) is 4.79 Å². The van der Waals surface area contributed by atoms with E-state index in [0.29, 0.717) is 6.54 Å². The van der Waals surface area contributed by atoms with Crippen molar-refractivity contribution in [2.75, 3.05) is 6.54 Å². The van der Waals surface area contributed by atoms with E-state index in [9.17, 15) is 9.90 Å². The fourth-order valence-electron chi connectivity index (χ4n) is 1.77. The molecule has 76 valence electrons. The summed E-state index contributed by atoms with van der Waals surface area (Å²) in [6.45, 7) is 2.30. The van der Waals surface area contributed by atoms with Crippen LogP contribution >= 0.6 is 0 Å². The molecule has 0 radical (unpaired) electrons. The van der Waals surface area contributed by atoms with Crippen molar-refractivity contribution in [2.24, 2.45) is 0 Å². The fourth-order valence-corrected chi connectivity index (χ4v) is 1.77. The highest BCUT2D eigenvalue weighted by molar-refractivity contribution is 5.79. The number of furan rings is 1. The van der Waals surface area contributed by atoms with Gasteiger partial charge in [-0.3, -0.25) is 4.79 Å². The van der Waals surface area contributed by atoms with Gasteiger partial charge in [0, 0.05) is 6.54 Å². The number of aliphatic hydroxyl groups excluding tert-OH is 1. The summed E-state index contributed by atoms with van der Waals surface area (Å²) < 4.78 is 5.22. The van der Waals surface area contributed by atoms with Crippen molar-refractivity contribution in [2.45, 2.75) is 25.5 Å². The Morgan fingerprint density at radius 2 is 2.50 bits per heavy atom. The molecule has 0 aromatic carbocycles. The summed E-state index contributed by atoms with van der Waals surface area (Å²) in [6, 6.07) is 3.54. The lowest BCUT2D eigenvalue weighted by Gasteiger charge is -2.22. The molecule has 1 aliphatic heterocycles. The third-order valence-electron chi connectivity index (χ3n) is 2.56. The van der Waals surface area contributed by atoms with Gasteiger partial charge in [-0.1, -0.05) is 0 Å². The summed E-state index contributed by atoms with van der Waals surface area (Å²) in [7, 11) is 0. The molecule has 2 heterocycles. The van der Waals surface area contributed by atoms with Crippen molar-refractivity contribution in [1.29, 1.82) is 0 Å². The number of rotatable bonds is 2. The van der Waals surface area contributed by atoms with Gasteiger partial charge >= 0.3 is 0 Å². The molecular weight excluding hydrogens is 182 g/mol. The second-order valence-corrected chi connectivity index (χ2v) is 3.60. The Bertz CT molecular complexity index is 320. The smallest absolute Gasteiger partial charge is 0.225 e. The lowest BCUT2D eigenvalue weighted by Crippen LogP contribution is -2.28. The molecule has 2 unspecified atom stereocenters. The van der Waals surface area contributed by atoms with Crippen LogP contribution in [0, 0.1) is 0 Å². The van der Waals surface area contributed by atoms with Gasteiger partial charge in [0.2, 0.25) is 5.91 Å². The van der Waals surface area contributed by atoms with Crippen LogP contribution in [0.15, 0.2) is 22.8 Å². The number of hydrogen-bond acceptors (Lipinski definition) is 3. The summed E-state index contributed by atoms with van der Waals surface area (Å²) in [5, 5.41) is 9.32. The minimum absolute atomic E-state index is 0.0126. The zero-order valence-corrected chi connectivity index (χ0v) is 8.01. The molecule has 1 fully saturated rings. The lowest BCUT2D eigenvalue weighted by molar-refractivity contribution is -0.129. The third-order valence-corrected chi connectivity index (χ3v) is 2.56. The molecule has 2 rings (SSSR count). The quantitative estimate of drug-likeness (QED) is 0.763. The molecule has 14 heavy (non-hydrogen) atoms. The van der Waals surface area contributed by atoms with Crippen LogP contribution in [0.1, 0.15) is 25.1 Å². The minimum atomic E-state index is -0.528. The Labute approximate surface area is 82.1 Å². The Balaban J connectivity index is 2.12. The maximum atomic E-state index is 11.4. The van der Waals surface area contributed by atoms with Crippen molar-refractivity contribution >= 4 is 5.91 Å². The van der Waals surface area contributed by atoms with Gasteiger partial charge in [-0.2, -0.15) is 0 Å². The molecule has 4 nitrogen and oxygen atoms in total. The zero-order chi connectivity index (χ0) is 10.1. The van der Waals surface area contributed by atoms with Crippen LogP contribution in [0.25, 0.3) is 0 Å². The van der Waals surface area contributed by atoms with E-state index in [4.69, 9.17) is 4.42 Å². The summed E-state index contributed by atoms with van der Waals surface area (Å²) in [5.41, 5.74) is 0. The van der Waals surface area contributed by atoms with Crippen molar-refractivity contribution in [3.05, 3.63) is 24.2 Å². The van der Waals surface area contributed by atoms with E-state index in [0.717, 1.165) is 5.76 Å². The van der Waals surface area contributed by atoms with Crippen molar-refractivity contribution in [1.82, 2.24) is 4.90 Å². The molecule has 1 N–H and O–H groups in total. The van der Waals surface area contributed by atoms with E-state index in [1.165, 1.54) is 0 Å². The van der Waals surface area contributed by atoms with Gasteiger partial charge in [-0.15, -0.1) is 0 Å². The topological polar surface area (TPSA) is 53.7 Å². The lowest BCUT2D eigenvalue weighted by atomic mass is 10.2. The Hall–Kier alpha value is -1.29. The largest absolute Gasteiger partial charge is 0.467 e. The monoisotopic (exact) mass is 195 g/mol. The van der Waals surface area contributed by atoms with E-state index in [-0.39, 0.29) is 18.4 Å². The zero-order valence-electron chi connectivity index (χ0n) is 8.01. The first-order valence-electron chi connectivity index (χ1n) is 4.69. The van der Waals surface area contributed by atoms with Gasteiger partial charge in [0.05, 0.1) is 24.8 Å². The number of aliphatic hydroxyl groups is 1. The average molecular weight is 195 g/mol. The maximum Gasteiger partial charge on any atom is 0.225 e. The second-order valence-electron chi connectivity index (χ2n) is 3.60. The summed E-state index contributed by atoms with van der Waals surface area (Å²) in [6.07, 6.45) is 1.29. The molecule has 0 spiro atoms. The van der Waals surface area contributed by atoms with Gasteiger partial charge < -0.3 is 14.4 Å². The molecule has 0 aliphatic carbocycles. The van der Waals surface area contributed by atoms with Crippen molar-refractivity contribution in [3.8, 4) is 0 Å². The molecule has 0 saturated carbocycles. The van der Waals surface area contributed by atoms with Crippen LogP contribution < -0.4 is 0 Å². The molecule has 4 heteroatoms. The van der Waals surface area contributed by atoms with Gasteiger partial charge in [-0.25, -0.2) is 0 Å². The fraction of sp³-hybridized carbons (Fsp3) is 0.500. The molecule has 1 aromatic rings. The Morgan fingerprint density at radius 3 is 3.00 bits per heavy atom. The van der Waals surface area contributed by atoms with Gasteiger partial charge in [0.15, 0.2) is 0 Å². The normalized spacial score (nSPS) is 24.3.